The second kappa shape index (κ2) is 8.73. The molecule has 7 nitrogen and oxygen atoms in total. The average molecular weight is 383 g/mol. The molecule has 0 saturated heterocycles. The second-order valence-electron chi connectivity index (χ2n) is 6.95. The van der Waals surface area contributed by atoms with Crippen LogP contribution in [0.2, 0.25) is 0 Å². The molecule has 28 heavy (non-hydrogen) atoms. The standard InChI is InChI=1S/C21H25N3O4/c1-13-18-12-17(28-9-8-16-4-3-5-19(22-2)24-16)7-6-14(18)10-15(11-20(25)26)21(27)23-13/h3-7,12-13,15H,8-11H2,1-2H3,(H,22,24)(H,23,27)(H,25,26). The molecule has 3 rings (SSSR count). The first-order valence-corrected chi connectivity index (χ1v) is 9.37. The molecule has 7 heteroatoms. The highest BCUT2D eigenvalue weighted by Crippen LogP contribution is 2.30. The number of aliphatic carboxylic acids is 1. The number of anilines is 1. The van der Waals surface area contributed by atoms with Crippen LogP contribution in [0.15, 0.2) is 36.4 Å². The molecule has 2 atom stereocenters. The number of ether oxygens (including phenoxy) is 1. The van der Waals surface area contributed by atoms with Crippen molar-refractivity contribution in [2.75, 3.05) is 19.0 Å². The molecule has 0 radical (unpaired) electrons. The van der Waals surface area contributed by atoms with E-state index < -0.39 is 11.9 Å². The number of carbonyl (C=O) groups is 2. The number of pyridine rings is 1. The highest BCUT2D eigenvalue weighted by Gasteiger charge is 2.29. The van der Waals surface area contributed by atoms with Crippen LogP contribution in [0, 0.1) is 5.92 Å². The fraction of sp³-hybridized carbons (Fsp3) is 0.381. The van der Waals surface area contributed by atoms with Crippen LogP contribution in [0.5, 0.6) is 5.75 Å². The lowest BCUT2D eigenvalue weighted by atomic mass is 9.93. The maximum atomic E-state index is 12.3. The van der Waals surface area contributed by atoms with Gasteiger partial charge in [0.1, 0.15) is 11.6 Å². The normalized spacial score (nSPS) is 18.6. The summed E-state index contributed by atoms with van der Waals surface area (Å²) in [5, 5.41) is 15.0. The van der Waals surface area contributed by atoms with Crippen LogP contribution >= 0.6 is 0 Å². The highest BCUT2D eigenvalue weighted by atomic mass is 16.5. The van der Waals surface area contributed by atoms with E-state index in [1.54, 1.807) is 0 Å². The van der Waals surface area contributed by atoms with Crippen molar-refractivity contribution in [3.63, 3.8) is 0 Å². The summed E-state index contributed by atoms with van der Waals surface area (Å²) in [4.78, 5) is 27.8. The van der Waals surface area contributed by atoms with E-state index in [2.05, 4.69) is 15.6 Å². The van der Waals surface area contributed by atoms with Gasteiger partial charge in [0.05, 0.1) is 25.0 Å². The van der Waals surface area contributed by atoms with Gasteiger partial charge in [0.25, 0.3) is 0 Å². The van der Waals surface area contributed by atoms with E-state index in [1.165, 1.54) is 0 Å². The van der Waals surface area contributed by atoms with Crippen LogP contribution in [-0.2, 0) is 22.4 Å². The topological polar surface area (TPSA) is 101 Å². The van der Waals surface area contributed by atoms with Gasteiger partial charge in [-0.2, -0.15) is 0 Å². The molecular weight excluding hydrogens is 358 g/mol. The van der Waals surface area contributed by atoms with Gasteiger partial charge in [-0.1, -0.05) is 12.1 Å². The molecule has 148 valence electrons. The van der Waals surface area contributed by atoms with Gasteiger partial charge in [-0.25, -0.2) is 4.98 Å². The van der Waals surface area contributed by atoms with Crippen molar-refractivity contribution >= 4 is 17.7 Å². The molecular formula is C21H25N3O4. The Hall–Kier alpha value is -3.09. The van der Waals surface area contributed by atoms with Crippen molar-refractivity contribution in [1.29, 1.82) is 0 Å². The van der Waals surface area contributed by atoms with Gasteiger partial charge in [0.15, 0.2) is 0 Å². The number of nitrogens with zero attached hydrogens (tertiary/aromatic N) is 1. The van der Waals surface area contributed by atoms with E-state index in [0.29, 0.717) is 19.4 Å². The quantitative estimate of drug-likeness (QED) is 0.679. The lowest BCUT2D eigenvalue weighted by Gasteiger charge is -2.15. The number of nitrogens with one attached hydrogen (secondary N) is 2. The number of carbonyl (C=O) groups excluding carboxylic acids is 1. The fourth-order valence-electron chi connectivity index (χ4n) is 3.43. The number of aromatic nitrogens is 1. The number of hydrogen-bond acceptors (Lipinski definition) is 5. The third kappa shape index (κ3) is 4.79. The van der Waals surface area contributed by atoms with Gasteiger partial charge in [0, 0.05) is 19.2 Å². The number of carboxylic acids is 1. The zero-order chi connectivity index (χ0) is 20.1. The van der Waals surface area contributed by atoms with Crippen LogP contribution in [0.1, 0.15) is 36.2 Å². The minimum absolute atomic E-state index is 0.172. The molecule has 2 aromatic rings. The fourth-order valence-corrected chi connectivity index (χ4v) is 3.43. The van der Waals surface area contributed by atoms with Crippen molar-refractivity contribution in [3.05, 3.63) is 53.2 Å². The lowest BCUT2D eigenvalue weighted by Crippen LogP contribution is -2.32. The monoisotopic (exact) mass is 383 g/mol. The molecule has 0 saturated carbocycles. The Bertz CT molecular complexity index is 868. The molecule has 0 aliphatic carbocycles. The molecule has 2 unspecified atom stereocenters. The Morgan fingerprint density at radius 3 is 2.93 bits per heavy atom. The van der Waals surface area contributed by atoms with Gasteiger partial charge in [-0.15, -0.1) is 0 Å². The number of hydrogen-bond donors (Lipinski definition) is 3. The summed E-state index contributed by atoms with van der Waals surface area (Å²) in [7, 11) is 1.83. The van der Waals surface area contributed by atoms with Crippen molar-refractivity contribution < 1.29 is 19.4 Å². The Balaban J connectivity index is 1.68. The first-order valence-electron chi connectivity index (χ1n) is 9.37. The molecule has 1 aliphatic heterocycles. The zero-order valence-electron chi connectivity index (χ0n) is 16.1. The maximum Gasteiger partial charge on any atom is 0.304 e. The van der Waals surface area contributed by atoms with Crippen LogP contribution in [-0.4, -0.2) is 35.6 Å². The summed E-state index contributed by atoms with van der Waals surface area (Å²) in [6.45, 7) is 2.39. The Kier molecular flexibility index (Phi) is 6.13. The summed E-state index contributed by atoms with van der Waals surface area (Å²) in [6, 6.07) is 11.4. The number of fused-ring (bicyclic) bond motifs is 1. The number of amides is 1. The minimum atomic E-state index is -0.966. The molecule has 1 aromatic heterocycles. The largest absolute Gasteiger partial charge is 0.493 e. The Morgan fingerprint density at radius 2 is 2.18 bits per heavy atom. The van der Waals surface area contributed by atoms with Crippen LogP contribution in [0.25, 0.3) is 0 Å². The Labute approximate surface area is 164 Å². The molecule has 0 fully saturated rings. The lowest BCUT2D eigenvalue weighted by molar-refractivity contribution is -0.141. The van der Waals surface area contributed by atoms with Crippen LogP contribution < -0.4 is 15.4 Å². The molecule has 1 amide bonds. The molecule has 1 aromatic carbocycles. The van der Waals surface area contributed by atoms with Crippen LogP contribution in [0.3, 0.4) is 0 Å². The second-order valence-corrected chi connectivity index (χ2v) is 6.95. The van der Waals surface area contributed by atoms with Gasteiger partial charge in [0.2, 0.25) is 5.91 Å². The molecule has 2 heterocycles. The van der Waals surface area contributed by atoms with E-state index in [1.807, 2.05) is 50.4 Å². The van der Waals surface area contributed by atoms with E-state index in [4.69, 9.17) is 9.84 Å². The third-order valence-corrected chi connectivity index (χ3v) is 4.89. The van der Waals surface area contributed by atoms with Crippen molar-refractivity contribution in [2.45, 2.75) is 32.2 Å². The summed E-state index contributed by atoms with van der Waals surface area (Å²) < 4.78 is 5.89. The summed E-state index contributed by atoms with van der Waals surface area (Å²) in [6.07, 6.45) is 0.924. The summed E-state index contributed by atoms with van der Waals surface area (Å²) in [5.41, 5.74) is 2.89. The van der Waals surface area contributed by atoms with Gasteiger partial charge in [-0.05, 0) is 48.7 Å². The first kappa shape index (κ1) is 19.7. The van der Waals surface area contributed by atoms with Gasteiger partial charge < -0.3 is 20.5 Å². The maximum absolute atomic E-state index is 12.3. The Morgan fingerprint density at radius 1 is 1.36 bits per heavy atom. The summed E-state index contributed by atoms with van der Waals surface area (Å²) in [5.74, 6) is -0.195. The first-order chi connectivity index (χ1) is 13.5. The molecule has 0 bridgehead atoms. The smallest absolute Gasteiger partial charge is 0.304 e. The highest BCUT2D eigenvalue weighted by molar-refractivity contribution is 5.84. The SMILES string of the molecule is CNc1cccc(CCOc2ccc3c(c2)C(C)NC(=O)C(CC(=O)O)C3)n1. The average Bonchev–Trinajstić information content (AvgIpc) is 2.78. The number of carboxylic acid groups (broad SMARTS) is 1. The minimum Gasteiger partial charge on any atom is -0.493 e. The van der Waals surface area contributed by atoms with E-state index in [9.17, 15) is 9.59 Å². The van der Waals surface area contributed by atoms with E-state index in [-0.39, 0.29) is 18.4 Å². The van der Waals surface area contributed by atoms with Crippen molar-refractivity contribution in [2.24, 2.45) is 5.92 Å². The number of benzene rings is 1. The number of rotatable bonds is 7. The zero-order valence-corrected chi connectivity index (χ0v) is 16.1. The van der Waals surface area contributed by atoms with Gasteiger partial charge in [-0.3, -0.25) is 9.59 Å². The van der Waals surface area contributed by atoms with Crippen molar-refractivity contribution in [1.82, 2.24) is 10.3 Å². The predicted molar refractivity (Wildman–Crippen MR) is 105 cm³/mol. The third-order valence-electron chi connectivity index (χ3n) is 4.89. The van der Waals surface area contributed by atoms with E-state index >= 15 is 0 Å². The molecule has 3 N–H and O–H groups in total. The van der Waals surface area contributed by atoms with Crippen LogP contribution in [0.4, 0.5) is 5.82 Å². The predicted octanol–water partition coefficient (Wildman–Crippen LogP) is 2.57. The summed E-state index contributed by atoms with van der Waals surface area (Å²) >= 11 is 0. The van der Waals surface area contributed by atoms with E-state index in [0.717, 1.165) is 28.4 Å². The molecule has 1 aliphatic rings. The van der Waals surface area contributed by atoms with Crippen molar-refractivity contribution in [3.8, 4) is 5.75 Å². The molecule has 0 spiro atoms. The van der Waals surface area contributed by atoms with Gasteiger partial charge >= 0.3 is 5.97 Å².